The van der Waals surface area contributed by atoms with Crippen molar-refractivity contribution in [1.82, 2.24) is 4.90 Å². The van der Waals surface area contributed by atoms with Gasteiger partial charge in [-0.1, -0.05) is 31.9 Å². The lowest BCUT2D eigenvalue weighted by atomic mass is 10.1. The first-order valence-corrected chi connectivity index (χ1v) is 12.6. The van der Waals surface area contributed by atoms with Gasteiger partial charge in [-0.3, -0.25) is 4.79 Å². The van der Waals surface area contributed by atoms with E-state index in [-0.39, 0.29) is 36.1 Å². The lowest BCUT2D eigenvalue weighted by Gasteiger charge is -2.33. The predicted octanol–water partition coefficient (Wildman–Crippen LogP) is 2.91. The molecule has 1 saturated carbocycles. The van der Waals surface area contributed by atoms with Crippen LogP contribution in [0.2, 0.25) is 0 Å². The quantitative estimate of drug-likeness (QED) is 0.494. The molecular weight excluding hydrogens is 398 g/mol. The SMILES string of the molecule is CCSc1ccccc1C(=O)OCC(=O)N(C1CCCC1)[C@@H]1CCS(=O)(=O)C1. The van der Waals surface area contributed by atoms with Gasteiger partial charge in [-0.25, -0.2) is 13.2 Å². The molecule has 1 aliphatic heterocycles. The Balaban J connectivity index is 1.68. The molecule has 8 heteroatoms. The Kier molecular flexibility index (Phi) is 7.04. The van der Waals surface area contributed by atoms with Crippen LogP contribution >= 0.6 is 11.8 Å². The van der Waals surface area contributed by atoms with E-state index in [1.165, 1.54) is 0 Å². The Morgan fingerprint density at radius 1 is 1.14 bits per heavy atom. The molecule has 1 saturated heterocycles. The zero-order valence-corrected chi connectivity index (χ0v) is 17.8. The second-order valence-electron chi connectivity index (χ2n) is 7.30. The molecule has 0 unspecified atom stereocenters. The second kappa shape index (κ2) is 9.31. The van der Waals surface area contributed by atoms with Crippen LogP contribution in [-0.4, -0.2) is 61.1 Å². The van der Waals surface area contributed by atoms with Gasteiger partial charge >= 0.3 is 5.97 Å². The van der Waals surface area contributed by atoms with Crippen molar-refractivity contribution in [3.05, 3.63) is 29.8 Å². The number of nitrogens with zero attached hydrogens (tertiary/aromatic N) is 1. The standard InChI is InChI=1S/C20H27NO5S2/c1-2-27-18-10-6-5-9-17(18)20(23)26-13-19(22)21(15-7-3-4-8-15)16-11-12-28(24,25)14-16/h5-6,9-10,15-16H,2-4,7-8,11-14H2,1H3/t16-/m1/s1. The number of thioether (sulfide) groups is 1. The maximum absolute atomic E-state index is 12.9. The molecule has 1 aliphatic carbocycles. The lowest BCUT2D eigenvalue weighted by Crippen LogP contribution is -2.48. The number of amides is 1. The van der Waals surface area contributed by atoms with Gasteiger partial charge in [-0.05, 0) is 37.1 Å². The number of sulfone groups is 1. The molecule has 0 aromatic heterocycles. The van der Waals surface area contributed by atoms with E-state index in [4.69, 9.17) is 4.74 Å². The predicted molar refractivity (Wildman–Crippen MR) is 109 cm³/mol. The Labute approximate surface area is 170 Å². The topological polar surface area (TPSA) is 80.8 Å². The van der Waals surface area contributed by atoms with Crippen molar-refractivity contribution in [2.45, 2.75) is 56.0 Å². The fourth-order valence-electron chi connectivity index (χ4n) is 4.08. The third-order valence-corrected chi connectivity index (χ3v) is 8.05. The molecule has 2 aliphatic rings. The smallest absolute Gasteiger partial charge is 0.339 e. The van der Waals surface area contributed by atoms with Crippen LogP contribution in [0.5, 0.6) is 0 Å². The van der Waals surface area contributed by atoms with Gasteiger partial charge in [0.1, 0.15) is 0 Å². The average Bonchev–Trinajstić information content (AvgIpc) is 3.31. The highest BCUT2D eigenvalue weighted by atomic mass is 32.2. The van der Waals surface area contributed by atoms with Crippen LogP contribution in [0.15, 0.2) is 29.2 Å². The third-order valence-electron chi connectivity index (χ3n) is 5.34. The first-order valence-electron chi connectivity index (χ1n) is 9.82. The van der Waals surface area contributed by atoms with Crippen LogP contribution in [0.4, 0.5) is 0 Å². The van der Waals surface area contributed by atoms with E-state index in [1.807, 2.05) is 19.1 Å². The van der Waals surface area contributed by atoms with Crippen LogP contribution in [0.3, 0.4) is 0 Å². The molecule has 1 aromatic rings. The normalized spacial score (nSPS) is 21.5. The van der Waals surface area contributed by atoms with Gasteiger partial charge in [-0.2, -0.15) is 0 Å². The van der Waals surface area contributed by atoms with E-state index in [2.05, 4.69) is 0 Å². The number of carbonyl (C=O) groups excluding carboxylic acids is 2. The minimum absolute atomic E-state index is 0.0131. The summed E-state index contributed by atoms with van der Waals surface area (Å²) in [6, 6.07) is 6.94. The summed E-state index contributed by atoms with van der Waals surface area (Å²) in [5.41, 5.74) is 0.456. The van der Waals surface area contributed by atoms with Crippen molar-refractivity contribution in [2.24, 2.45) is 0 Å². The molecule has 0 bridgehead atoms. The zero-order valence-electron chi connectivity index (χ0n) is 16.1. The zero-order chi connectivity index (χ0) is 20.1. The minimum Gasteiger partial charge on any atom is -0.452 e. The average molecular weight is 426 g/mol. The van der Waals surface area contributed by atoms with Crippen molar-refractivity contribution in [2.75, 3.05) is 23.9 Å². The summed E-state index contributed by atoms with van der Waals surface area (Å²) in [7, 11) is -3.09. The Bertz CT molecular complexity index is 818. The third kappa shape index (κ3) is 5.08. The van der Waals surface area contributed by atoms with E-state index in [1.54, 1.807) is 28.8 Å². The van der Waals surface area contributed by atoms with Gasteiger partial charge < -0.3 is 9.64 Å². The second-order valence-corrected chi connectivity index (χ2v) is 10.8. The van der Waals surface area contributed by atoms with Crippen LogP contribution < -0.4 is 0 Å². The fraction of sp³-hybridized carbons (Fsp3) is 0.600. The van der Waals surface area contributed by atoms with Crippen LogP contribution in [-0.2, 0) is 19.4 Å². The molecule has 1 aromatic carbocycles. The van der Waals surface area contributed by atoms with Gasteiger partial charge in [0.2, 0.25) is 0 Å². The molecule has 0 radical (unpaired) electrons. The summed E-state index contributed by atoms with van der Waals surface area (Å²) < 4.78 is 29.2. The number of carbonyl (C=O) groups is 2. The summed E-state index contributed by atoms with van der Waals surface area (Å²) in [4.78, 5) is 28.0. The molecule has 3 rings (SSSR count). The van der Waals surface area contributed by atoms with E-state index in [9.17, 15) is 18.0 Å². The number of hydrogen-bond donors (Lipinski definition) is 0. The molecular formula is C20H27NO5S2. The molecule has 28 heavy (non-hydrogen) atoms. The number of esters is 1. The minimum atomic E-state index is -3.09. The van der Waals surface area contributed by atoms with Gasteiger partial charge in [0.15, 0.2) is 16.4 Å². The summed E-state index contributed by atoms with van der Waals surface area (Å²) in [5.74, 6) is 0.155. The van der Waals surface area contributed by atoms with E-state index in [0.29, 0.717) is 12.0 Å². The highest BCUT2D eigenvalue weighted by Crippen LogP contribution is 2.29. The molecule has 0 N–H and O–H groups in total. The van der Waals surface area contributed by atoms with Crippen molar-refractivity contribution < 1.29 is 22.7 Å². The fourth-order valence-corrected chi connectivity index (χ4v) is 6.58. The van der Waals surface area contributed by atoms with Crippen LogP contribution in [0, 0.1) is 0 Å². The monoisotopic (exact) mass is 425 g/mol. The van der Waals surface area contributed by atoms with E-state index in [0.717, 1.165) is 36.3 Å². The molecule has 154 valence electrons. The summed E-state index contributed by atoms with van der Waals surface area (Å²) >= 11 is 1.55. The Morgan fingerprint density at radius 2 is 1.86 bits per heavy atom. The molecule has 1 amide bonds. The molecule has 1 atom stereocenters. The first-order chi connectivity index (χ1) is 13.4. The molecule has 1 heterocycles. The first kappa shape index (κ1) is 21.2. The number of ether oxygens (including phenoxy) is 1. The largest absolute Gasteiger partial charge is 0.452 e. The van der Waals surface area contributed by atoms with Crippen LogP contribution in [0.25, 0.3) is 0 Å². The highest BCUT2D eigenvalue weighted by molar-refractivity contribution is 7.99. The van der Waals surface area contributed by atoms with E-state index < -0.39 is 15.8 Å². The lowest BCUT2D eigenvalue weighted by molar-refractivity contribution is -0.139. The van der Waals surface area contributed by atoms with Crippen molar-refractivity contribution in [3.8, 4) is 0 Å². The maximum Gasteiger partial charge on any atom is 0.339 e. The Hall–Kier alpha value is -1.54. The van der Waals surface area contributed by atoms with Gasteiger partial charge in [0.05, 0.1) is 17.1 Å². The maximum atomic E-state index is 12.9. The van der Waals surface area contributed by atoms with Gasteiger partial charge in [0, 0.05) is 17.0 Å². The summed E-state index contributed by atoms with van der Waals surface area (Å²) in [6.45, 7) is 1.66. The van der Waals surface area contributed by atoms with Crippen molar-refractivity contribution in [1.29, 1.82) is 0 Å². The summed E-state index contributed by atoms with van der Waals surface area (Å²) in [5, 5.41) is 0. The van der Waals surface area contributed by atoms with Gasteiger partial charge in [0.25, 0.3) is 5.91 Å². The molecule has 2 fully saturated rings. The summed E-state index contributed by atoms with van der Waals surface area (Å²) in [6.07, 6.45) is 4.30. The number of rotatable bonds is 7. The van der Waals surface area contributed by atoms with Gasteiger partial charge in [-0.15, -0.1) is 11.8 Å². The van der Waals surface area contributed by atoms with Crippen molar-refractivity contribution >= 4 is 33.5 Å². The molecule has 6 nitrogen and oxygen atoms in total. The number of hydrogen-bond acceptors (Lipinski definition) is 6. The number of benzene rings is 1. The van der Waals surface area contributed by atoms with E-state index >= 15 is 0 Å². The molecule has 0 spiro atoms. The Morgan fingerprint density at radius 3 is 2.50 bits per heavy atom. The van der Waals surface area contributed by atoms with Crippen molar-refractivity contribution in [3.63, 3.8) is 0 Å². The highest BCUT2D eigenvalue weighted by Gasteiger charge is 2.39. The van der Waals surface area contributed by atoms with Crippen LogP contribution in [0.1, 0.15) is 49.4 Å².